The first-order chi connectivity index (χ1) is 16.6. The summed E-state index contributed by atoms with van der Waals surface area (Å²) in [5.74, 6) is -0.231. The van der Waals surface area contributed by atoms with Crippen molar-refractivity contribution < 1.29 is 14.5 Å². The number of anilines is 3. The van der Waals surface area contributed by atoms with Gasteiger partial charge in [0.15, 0.2) is 0 Å². The van der Waals surface area contributed by atoms with E-state index in [1.807, 2.05) is 23.1 Å². The number of carbonyl (C=O) groups is 1. The van der Waals surface area contributed by atoms with E-state index in [-0.39, 0.29) is 29.5 Å². The van der Waals surface area contributed by atoms with Crippen molar-refractivity contribution in [3.63, 3.8) is 0 Å². The number of carbonyl (C=O) groups excluding carboxylic acids is 1. The van der Waals surface area contributed by atoms with Crippen LogP contribution in [0.2, 0.25) is 0 Å². The molecule has 0 spiro atoms. The van der Waals surface area contributed by atoms with E-state index in [4.69, 9.17) is 4.74 Å². The molecule has 0 saturated carbocycles. The van der Waals surface area contributed by atoms with Gasteiger partial charge in [-0.1, -0.05) is 42.5 Å². The molecule has 1 N–H and O–H groups in total. The molecule has 2 heterocycles. The molecule has 2 aromatic carbocycles. The van der Waals surface area contributed by atoms with Crippen molar-refractivity contribution in [1.82, 2.24) is 14.9 Å². The molecule has 0 atom stereocenters. The van der Waals surface area contributed by atoms with Crippen LogP contribution in [0.1, 0.15) is 22.8 Å². The van der Waals surface area contributed by atoms with Crippen LogP contribution in [0.5, 0.6) is 0 Å². The number of esters is 1. The normalized spacial score (nSPS) is 14.0. The molecule has 0 radical (unpaired) electrons. The average molecular weight is 463 g/mol. The summed E-state index contributed by atoms with van der Waals surface area (Å²) >= 11 is 0. The Hall–Kier alpha value is -4.05. The van der Waals surface area contributed by atoms with E-state index < -0.39 is 10.9 Å². The third-order valence-corrected chi connectivity index (χ3v) is 5.58. The molecular formula is C24H26N6O4. The van der Waals surface area contributed by atoms with Crippen molar-refractivity contribution in [2.24, 2.45) is 0 Å². The highest BCUT2D eigenvalue weighted by molar-refractivity contribution is 5.96. The van der Waals surface area contributed by atoms with Gasteiger partial charge in [-0.15, -0.1) is 0 Å². The summed E-state index contributed by atoms with van der Waals surface area (Å²) in [4.78, 5) is 36.5. The highest BCUT2D eigenvalue weighted by atomic mass is 16.6. The Labute approximate surface area is 197 Å². The number of aromatic nitrogens is 2. The van der Waals surface area contributed by atoms with Crippen LogP contribution in [0.15, 0.2) is 60.9 Å². The maximum atomic E-state index is 12.3. The van der Waals surface area contributed by atoms with Crippen molar-refractivity contribution in [3.8, 4) is 0 Å². The number of para-hydroxylation sites is 1. The van der Waals surface area contributed by atoms with E-state index in [0.717, 1.165) is 19.6 Å². The SMILES string of the molecule is CCOC(=O)c1ccccc1Nc1ncnc(N2CCN(Cc3ccccc3)CC2)c1[N+](=O)[O-]. The molecule has 34 heavy (non-hydrogen) atoms. The first-order valence-electron chi connectivity index (χ1n) is 11.1. The predicted molar refractivity (Wildman–Crippen MR) is 128 cm³/mol. The van der Waals surface area contributed by atoms with Gasteiger partial charge >= 0.3 is 11.7 Å². The van der Waals surface area contributed by atoms with Crippen molar-refractivity contribution in [1.29, 1.82) is 0 Å². The summed E-state index contributed by atoms with van der Waals surface area (Å²) in [5.41, 5.74) is 1.66. The van der Waals surface area contributed by atoms with E-state index >= 15 is 0 Å². The van der Waals surface area contributed by atoms with Crippen molar-refractivity contribution in [3.05, 3.63) is 82.2 Å². The Balaban J connectivity index is 1.54. The fraction of sp³-hybridized carbons (Fsp3) is 0.292. The molecule has 1 aliphatic rings. The van der Waals surface area contributed by atoms with Gasteiger partial charge in [0.05, 0.1) is 22.8 Å². The first kappa shape index (κ1) is 23.1. The second-order valence-electron chi connectivity index (χ2n) is 7.79. The van der Waals surface area contributed by atoms with E-state index in [2.05, 4.69) is 32.3 Å². The van der Waals surface area contributed by atoms with Gasteiger partial charge in [-0.25, -0.2) is 14.8 Å². The van der Waals surface area contributed by atoms with Gasteiger partial charge in [0.1, 0.15) is 6.33 Å². The Morgan fingerprint density at radius 1 is 1.06 bits per heavy atom. The van der Waals surface area contributed by atoms with Crippen LogP contribution >= 0.6 is 0 Å². The zero-order valence-corrected chi connectivity index (χ0v) is 18.9. The summed E-state index contributed by atoms with van der Waals surface area (Å²) in [7, 11) is 0. The number of nitrogens with one attached hydrogen (secondary N) is 1. The maximum absolute atomic E-state index is 12.3. The number of piperazine rings is 1. The van der Waals surface area contributed by atoms with Crippen LogP contribution < -0.4 is 10.2 Å². The van der Waals surface area contributed by atoms with Crippen LogP contribution in [-0.2, 0) is 11.3 Å². The van der Waals surface area contributed by atoms with Gasteiger partial charge in [0.25, 0.3) is 0 Å². The van der Waals surface area contributed by atoms with Crippen LogP contribution in [-0.4, -0.2) is 58.5 Å². The lowest BCUT2D eigenvalue weighted by Crippen LogP contribution is -2.46. The highest BCUT2D eigenvalue weighted by Crippen LogP contribution is 2.34. The fourth-order valence-electron chi connectivity index (χ4n) is 3.93. The Morgan fingerprint density at radius 3 is 2.47 bits per heavy atom. The third kappa shape index (κ3) is 5.29. The van der Waals surface area contributed by atoms with Crippen LogP contribution in [0.4, 0.5) is 23.0 Å². The Bertz CT molecular complexity index is 1150. The molecule has 1 fully saturated rings. The Kier molecular flexibility index (Phi) is 7.28. The average Bonchev–Trinajstić information content (AvgIpc) is 2.85. The molecule has 1 aromatic heterocycles. The molecule has 0 bridgehead atoms. The van der Waals surface area contributed by atoms with Crippen LogP contribution in [0.25, 0.3) is 0 Å². The molecule has 1 saturated heterocycles. The zero-order chi connectivity index (χ0) is 23.9. The summed E-state index contributed by atoms with van der Waals surface area (Å²) in [6.07, 6.45) is 1.30. The molecule has 0 amide bonds. The number of nitro groups is 1. The summed E-state index contributed by atoms with van der Waals surface area (Å²) < 4.78 is 5.10. The van der Waals surface area contributed by atoms with Crippen molar-refractivity contribution >= 4 is 29.0 Å². The zero-order valence-electron chi connectivity index (χ0n) is 18.9. The van der Waals surface area contributed by atoms with E-state index in [1.165, 1.54) is 11.9 Å². The minimum absolute atomic E-state index is 0.0264. The molecule has 10 heteroatoms. The molecular weight excluding hydrogens is 436 g/mol. The molecule has 0 aliphatic carbocycles. The van der Waals surface area contributed by atoms with Gasteiger partial charge in [0.2, 0.25) is 11.6 Å². The minimum atomic E-state index is -0.517. The molecule has 10 nitrogen and oxygen atoms in total. The number of nitrogens with zero attached hydrogens (tertiary/aromatic N) is 5. The molecule has 0 unspecified atom stereocenters. The van der Waals surface area contributed by atoms with Gasteiger partial charge in [-0.2, -0.15) is 0 Å². The topological polar surface area (TPSA) is 114 Å². The Morgan fingerprint density at radius 2 is 1.76 bits per heavy atom. The summed E-state index contributed by atoms with van der Waals surface area (Å²) in [6, 6.07) is 16.9. The third-order valence-electron chi connectivity index (χ3n) is 5.58. The lowest BCUT2D eigenvalue weighted by molar-refractivity contribution is -0.383. The fourth-order valence-corrected chi connectivity index (χ4v) is 3.93. The minimum Gasteiger partial charge on any atom is -0.462 e. The second kappa shape index (κ2) is 10.7. The number of benzene rings is 2. The van der Waals surface area contributed by atoms with Gasteiger partial charge in [0, 0.05) is 32.7 Å². The number of ether oxygens (including phenoxy) is 1. The number of rotatable bonds is 8. The quantitative estimate of drug-likeness (QED) is 0.304. The smallest absolute Gasteiger partial charge is 0.353 e. The van der Waals surface area contributed by atoms with E-state index in [1.54, 1.807) is 31.2 Å². The predicted octanol–water partition coefficient (Wildman–Crippen LogP) is 3.63. The van der Waals surface area contributed by atoms with Gasteiger partial charge < -0.3 is 15.0 Å². The maximum Gasteiger partial charge on any atom is 0.353 e. The van der Waals surface area contributed by atoms with Crippen LogP contribution in [0, 0.1) is 10.1 Å². The standard InChI is InChI=1S/C24H26N6O4/c1-2-34-24(31)19-10-6-7-11-20(19)27-22-21(30(32)33)23(26-17-25-22)29-14-12-28(13-15-29)16-18-8-4-3-5-9-18/h3-11,17H,2,12-16H2,1H3,(H,25,26,27). The summed E-state index contributed by atoms with van der Waals surface area (Å²) in [6.45, 7) is 5.48. The van der Waals surface area contributed by atoms with Crippen molar-refractivity contribution in [2.75, 3.05) is 43.0 Å². The van der Waals surface area contributed by atoms with Gasteiger partial charge in [-0.3, -0.25) is 15.0 Å². The second-order valence-corrected chi connectivity index (χ2v) is 7.79. The van der Waals surface area contributed by atoms with E-state index in [0.29, 0.717) is 18.8 Å². The lowest BCUT2D eigenvalue weighted by atomic mass is 10.1. The molecule has 1 aliphatic heterocycles. The number of hydrogen-bond donors (Lipinski definition) is 1. The van der Waals surface area contributed by atoms with E-state index in [9.17, 15) is 14.9 Å². The highest BCUT2D eigenvalue weighted by Gasteiger charge is 2.30. The largest absolute Gasteiger partial charge is 0.462 e. The summed E-state index contributed by atoms with van der Waals surface area (Å²) in [5, 5.41) is 15.0. The molecule has 4 rings (SSSR count). The van der Waals surface area contributed by atoms with Crippen LogP contribution in [0.3, 0.4) is 0 Å². The monoisotopic (exact) mass is 462 g/mol. The van der Waals surface area contributed by atoms with Crippen molar-refractivity contribution in [2.45, 2.75) is 13.5 Å². The first-order valence-corrected chi connectivity index (χ1v) is 11.1. The molecule has 176 valence electrons. The number of hydrogen-bond acceptors (Lipinski definition) is 9. The molecule has 3 aromatic rings. The van der Waals surface area contributed by atoms with Gasteiger partial charge in [-0.05, 0) is 24.6 Å². The lowest BCUT2D eigenvalue weighted by Gasteiger charge is -2.35.